The van der Waals surface area contributed by atoms with Gasteiger partial charge in [-0.05, 0) is 24.8 Å². The lowest BCUT2D eigenvalue weighted by Gasteiger charge is -2.32. The van der Waals surface area contributed by atoms with Crippen LogP contribution in [0.15, 0.2) is 30.3 Å². The van der Waals surface area contributed by atoms with Crippen LogP contribution in [-0.4, -0.2) is 22.7 Å². The summed E-state index contributed by atoms with van der Waals surface area (Å²) in [4.78, 5) is 11.6. The second-order valence-electron chi connectivity index (χ2n) is 5.52. The number of primary amides is 1. The topological polar surface area (TPSA) is 75.3 Å². The predicted molar refractivity (Wildman–Crippen MR) is 74.2 cm³/mol. The van der Waals surface area contributed by atoms with Crippen molar-refractivity contribution in [3.8, 4) is 0 Å². The Kier molecular flexibility index (Phi) is 4.22. The van der Waals surface area contributed by atoms with Crippen molar-refractivity contribution in [2.45, 2.75) is 44.4 Å². The smallest absolute Gasteiger partial charge is 0.251 e. The highest BCUT2D eigenvalue weighted by Crippen LogP contribution is 2.37. The summed E-state index contributed by atoms with van der Waals surface area (Å²) < 4.78 is 0. The van der Waals surface area contributed by atoms with Gasteiger partial charge in [0.25, 0.3) is 5.91 Å². The van der Waals surface area contributed by atoms with Crippen molar-refractivity contribution >= 4 is 5.91 Å². The molecule has 0 saturated heterocycles. The van der Waals surface area contributed by atoms with E-state index in [1.165, 1.54) is 0 Å². The van der Waals surface area contributed by atoms with E-state index in [1.807, 2.05) is 37.3 Å². The maximum atomic E-state index is 11.6. The van der Waals surface area contributed by atoms with Gasteiger partial charge in [-0.1, -0.05) is 43.2 Å². The molecule has 2 unspecified atom stereocenters. The standard InChI is InChI=1S/C15H22N2O2/c1-11(17-10-13-5-3-2-4-6-13)15(19,14(16)18)9-12-7-8-12/h2-6,11-12,17,19H,7-10H2,1H3,(H2,16,18). The van der Waals surface area contributed by atoms with Crippen LogP contribution in [-0.2, 0) is 11.3 Å². The molecule has 0 bridgehead atoms. The number of carbonyl (C=O) groups excluding carboxylic acids is 1. The maximum absolute atomic E-state index is 11.6. The Morgan fingerprint density at radius 2 is 2.11 bits per heavy atom. The summed E-state index contributed by atoms with van der Waals surface area (Å²) >= 11 is 0. The molecule has 4 heteroatoms. The van der Waals surface area contributed by atoms with E-state index in [4.69, 9.17) is 5.73 Å². The number of carbonyl (C=O) groups is 1. The van der Waals surface area contributed by atoms with E-state index in [0.717, 1.165) is 18.4 Å². The Bertz CT molecular complexity index is 431. The Morgan fingerprint density at radius 3 is 2.63 bits per heavy atom. The molecule has 1 aromatic rings. The summed E-state index contributed by atoms with van der Waals surface area (Å²) in [7, 11) is 0. The van der Waals surface area contributed by atoms with Gasteiger partial charge >= 0.3 is 0 Å². The van der Waals surface area contributed by atoms with Crippen molar-refractivity contribution in [2.75, 3.05) is 0 Å². The van der Waals surface area contributed by atoms with Crippen molar-refractivity contribution < 1.29 is 9.90 Å². The highest BCUT2D eigenvalue weighted by molar-refractivity contribution is 5.84. The number of amides is 1. The van der Waals surface area contributed by atoms with Crippen LogP contribution in [0.25, 0.3) is 0 Å². The Balaban J connectivity index is 1.95. The lowest BCUT2D eigenvalue weighted by atomic mass is 9.88. The fourth-order valence-corrected chi connectivity index (χ4v) is 2.29. The highest BCUT2D eigenvalue weighted by Gasteiger charge is 2.44. The number of nitrogens with one attached hydrogen (secondary N) is 1. The molecule has 1 aliphatic carbocycles. The van der Waals surface area contributed by atoms with Crippen LogP contribution in [0.3, 0.4) is 0 Å². The van der Waals surface area contributed by atoms with Gasteiger partial charge in [-0.2, -0.15) is 0 Å². The van der Waals surface area contributed by atoms with Crippen LogP contribution in [0.2, 0.25) is 0 Å². The van der Waals surface area contributed by atoms with Crippen molar-refractivity contribution in [3.63, 3.8) is 0 Å². The highest BCUT2D eigenvalue weighted by atomic mass is 16.3. The fourth-order valence-electron chi connectivity index (χ4n) is 2.29. The van der Waals surface area contributed by atoms with E-state index in [-0.39, 0.29) is 6.04 Å². The molecule has 1 amide bonds. The van der Waals surface area contributed by atoms with Gasteiger partial charge in [-0.15, -0.1) is 0 Å². The fraction of sp³-hybridized carbons (Fsp3) is 0.533. The molecule has 1 saturated carbocycles. The second kappa shape index (κ2) is 5.72. The van der Waals surface area contributed by atoms with E-state index in [1.54, 1.807) is 0 Å². The van der Waals surface area contributed by atoms with Crippen molar-refractivity contribution in [2.24, 2.45) is 11.7 Å². The van der Waals surface area contributed by atoms with E-state index >= 15 is 0 Å². The number of nitrogens with two attached hydrogens (primary N) is 1. The molecule has 2 rings (SSSR count). The average Bonchev–Trinajstić information content (AvgIpc) is 3.20. The van der Waals surface area contributed by atoms with Crippen molar-refractivity contribution in [1.82, 2.24) is 5.32 Å². The molecule has 0 spiro atoms. The molecule has 19 heavy (non-hydrogen) atoms. The molecule has 4 N–H and O–H groups in total. The summed E-state index contributed by atoms with van der Waals surface area (Å²) in [5.41, 5.74) is 5.06. The van der Waals surface area contributed by atoms with E-state index in [0.29, 0.717) is 18.9 Å². The number of rotatable bonds is 7. The zero-order chi connectivity index (χ0) is 13.9. The minimum Gasteiger partial charge on any atom is -0.378 e. The van der Waals surface area contributed by atoms with Crippen LogP contribution >= 0.6 is 0 Å². The van der Waals surface area contributed by atoms with Crippen LogP contribution in [0, 0.1) is 5.92 Å². The lowest BCUT2D eigenvalue weighted by molar-refractivity contribution is -0.140. The van der Waals surface area contributed by atoms with Crippen LogP contribution in [0.5, 0.6) is 0 Å². The van der Waals surface area contributed by atoms with E-state index in [2.05, 4.69) is 5.32 Å². The van der Waals surface area contributed by atoms with Crippen LogP contribution in [0.1, 0.15) is 31.7 Å². The van der Waals surface area contributed by atoms with Gasteiger partial charge in [0.1, 0.15) is 0 Å². The largest absolute Gasteiger partial charge is 0.378 e. The molecule has 2 atom stereocenters. The van der Waals surface area contributed by atoms with Gasteiger partial charge in [0.15, 0.2) is 5.60 Å². The Labute approximate surface area is 114 Å². The maximum Gasteiger partial charge on any atom is 0.251 e. The number of hydrogen-bond donors (Lipinski definition) is 3. The first-order chi connectivity index (χ1) is 9.02. The van der Waals surface area contributed by atoms with Crippen LogP contribution < -0.4 is 11.1 Å². The molecule has 0 aliphatic heterocycles. The zero-order valence-corrected chi connectivity index (χ0v) is 11.3. The van der Waals surface area contributed by atoms with Gasteiger partial charge in [0, 0.05) is 12.6 Å². The molecule has 0 aromatic heterocycles. The Morgan fingerprint density at radius 1 is 1.47 bits per heavy atom. The van der Waals surface area contributed by atoms with Gasteiger partial charge in [-0.3, -0.25) is 4.79 Å². The minimum atomic E-state index is -1.45. The molecular formula is C15H22N2O2. The van der Waals surface area contributed by atoms with Gasteiger partial charge in [0.2, 0.25) is 0 Å². The number of benzene rings is 1. The summed E-state index contributed by atoms with van der Waals surface area (Å²) in [5.74, 6) is -0.189. The zero-order valence-electron chi connectivity index (χ0n) is 11.3. The van der Waals surface area contributed by atoms with Crippen molar-refractivity contribution in [3.05, 3.63) is 35.9 Å². The molecular weight excluding hydrogens is 240 g/mol. The summed E-state index contributed by atoms with van der Waals surface area (Å²) in [5, 5.41) is 13.7. The molecule has 1 aromatic carbocycles. The molecule has 4 nitrogen and oxygen atoms in total. The predicted octanol–water partition coefficient (Wildman–Crippen LogP) is 1.18. The lowest BCUT2D eigenvalue weighted by Crippen LogP contribution is -2.57. The number of hydrogen-bond acceptors (Lipinski definition) is 3. The third-order valence-electron chi connectivity index (χ3n) is 3.90. The minimum absolute atomic E-state index is 0.356. The third kappa shape index (κ3) is 3.55. The summed E-state index contributed by atoms with van der Waals surface area (Å²) in [6.07, 6.45) is 2.63. The SMILES string of the molecule is CC(NCc1ccccc1)C(O)(CC1CC1)C(N)=O. The monoisotopic (exact) mass is 262 g/mol. The first-order valence-electron chi connectivity index (χ1n) is 6.82. The Hall–Kier alpha value is -1.39. The van der Waals surface area contributed by atoms with Gasteiger partial charge in [-0.25, -0.2) is 0 Å². The van der Waals surface area contributed by atoms with Crippen LogP contribution in [0.4, 0.5) is 0 Å². The molecule has 1 fully saturated rings. The summed E-state index contributed by atoms with van der Waals surface area (Å²) in [6, 6.07) is 9.54. The summed E-state index contributed by atoms with van der Waals surface area (Å²) in [6.45, 7) is 2.43. The van der Waals surface area contributed by atoms with Gasteiger partial charge < -0.3 is 16.2 Å². The first kappa shape index (κ1) is 14.0. The van der Waals surface area contributed by atoms with E-state index in [9.17, 15) is 9.90 Å². The molecule has 104 valence electrons. The quantitative estimate of drug-likeness (QED) is 0.690. The van der Waals surface area contributed by atoms with Gasteiger partial charge in [0.05, 0.1) is 0 Å². The van der Waals surface area contributed by atoms with Crippen molar-refractivity contribution in [1.29, 1.82) is 0 Å². The second-order valence-corrected chi connectivity index (χ2v) is 5.52. The molecule has 0 heterocycles. The van der Waals surface area contributed by atoms with E-state index < -0.39 is 11.5 Å². The third-order valence-corrected chi connectivity index (χ3v) is 3.90. The normalized spacial score (nSPS) is 19.7. The first-order valence-corrected chi connectivity index (χ1v) is 6.82. The average molecular weight is 262 g/mol. The molecule has 0 radical (unpaired) electrons. The number of aliphatic hydroxyl groups is 1. The molecule has 1 aliphatic rings.